The van der Waals surface area contributed by atoms with Crippen LogP contribution in [-0.2, 0) is 4.79 Å². The molecular formula is C14H17FN2O2. The molecule has 1 aliphatic rings. The van der Waals surface area contributed by atoms with Crippen molar-refractivity contribution in [3.05, 3.63) is 35.6 Å². The van der Waals surface area contributed by atoms with Crippen LogP contribution in [0.15, 0.2) is 24.3 Å². The lowest BCUT2D eigenvalue weighted by molar-refractivity contribution is -0.131. The second-order valence-corrected chi connectivity index (χ2v) is 4.73. The fourth-order valence-electron chi connectivity index (χ4n) is 2.15. The number of benzene rings is 1. The number of carbonyl (C=O) groups excluding carboxylic acids is 2. The number of hydrogen-bond donors (Lipinski definition) is 1. The van der Waals surface area contributed by atoms with Crippen LogP contribution in [-0.4, -0.2) is 35.8 Å². The first-order valence-electron chi connectivity index (χ1n) is 6.43. The van der Waals surface area contributed by atoms with Crippen LogP contribution in [0.2, 0.25) is 0 Å². The molecule has 0 saturated carbocycles. The lowest BCUT2D eigenvalue weighted by Gasteiger charge is -2.21. The molecule has 0 bridgehead atoms. The lowest BCUT2D eigenvalue weighted by Crippen LogP contribution is -2.45. The van der Waals surface area contributed by atoms with E-state index in [4.69, 9.17) is 0 Å². The molecule has 1 atom stereocenters. The van der Waals surface area contributed by atoms with Gasteiger partial charge >= 0.3 is 0 Å². The van der Waals surface area contributed by atoms with Crippen molar-refractivity contribution in [2.75, 3.05) is 13.1 Å². The highest BCUT2D eigenvalue weighted by Crippen LogP contribution is 2.09. The van der Waals surface area contributed by atoms with Gasteiger partial charge in [0.1, 0.15) is 11.9 Å². The lowest BCUT2D eigenvalue weighted by atomic mass is 10.2. The second-order valence-electron chi connectivity index (χ2n) is 4.73. The molecule has 0 aromatic heterocycles. The van der Waals surface area contributed by atoms with Crippen LogP contribution < -0.4 is 5.32 Å². The highest BCUT2D eigenvalue weighted by molar-refractivity contribution is 5.97. The third-order valence-electron chi connectivity index (χ3n) is 3.24. The molecule has 2 rings (SSSR count). The van der Waals surface area contributed by atoms with E-state index < -0.39 is 11.9 Å². The van der Waals surface area contributed by atoms with Gasteiger partial charge in [0.25, 0.3) is 5.91 Å². The summed E-state index contributed by atoms with van der Waals surface area (Å²) in [5, 5.41) is 2.64. The van der Waals surface area contributed by atoms with Crippen LogP contribution in [0.25, 0.3) is 0 Å². The molecule has 19 heavy (non-hydrogen) atoms. The van der Waals surface area contributed by atoms with Crippen LogP contribution in [0, 0.1) is 5.82 Å². The predicted octanol–water partition coefficient (Wildman–Crippen LogP) is 1.57. The van der Waals surface area contributed by atoms with E-state index >= 15 is 0 Å². The maximum Gasteiger partial charge on any atom is 0.251 e. The summed E-state index contributed by atoms with van der Waals surface area (Å²) in [6.45, 7) is 3.19. The number of nitrogens with one attached hydrogen (secondary N) is 1. The Hall–Kier alpha value is -1.91. The molecule has 0 aliphatic carbocycles. The molecule has 5 heteroatoms. The third-order valence-corrected chi connectivity index (χ3v) is 3.24. The number of nitrogens with zero attached hydrogens (tertiary/aromatic N) is 1. The molecule has 1 aromatic carbocycles. The summed E-state index contributed by atoms with van der Waals surface area (Å²) >= 11 is 0. The van der Waals surface area contributed by atoms with Gasteiger partial charge in [0, 0.05) is 18.7 Å². The number of amides is 2. The monoisotopic (exact) mass is 264 g/mol. The largest absolute Gasteiger partial charge is 0.341 e. The first kappa shape index (κ1) is 13.5. The summed E-state index contributed by atoms with van der Waals surface area (Å²) in [5.41, 5.74) is 0.350. The number of carbonyl (C=O) groups is 2. The van der Waals surface area contributed by atoms with Gasteiger partial charge in [0.2, 0.25) is 5.91 Å². The Morgan fingerprint density at radius 3 is 2.37 bits per heavy atom. The van der Waals surface area contributed by atoms with E-state index in [-0.39, 0.29) is 11.8 Å². The zero-order valence-corrected chi connectivity index (χ0v) is 10.9. The minimum absolute atomic E-state index is 0.0621. The standard InChI is InChI=1S/C14H17FN2O2/c1-10(14(19)17-8-2-3-9-17)16-13(18)11-4-6-12(15)7-5-11/h4-7,10H,2-3,8-9H2,1H3,(H,16,18)/t10-/m0/s1. The Kier molecular flexibility index (Phi) is 4.14. The summed E-state index contributed by atoms with van der Waals surface area (Å²) in [6, 6.07) is 4.69. The van der Waals surface area contributed by atoms with E-state index in [0.717, 1.165) is 25.9 Å². The van der Waals surface area contributed by atoms with E-state index in [9.17, 15) is 14.0 Å². The fraction of sp³-hybridized carbons (Fsp3) is 0.429. The van der Waals surface area contributed by atoms with Crippen molar-refractivity contribution in [1.82, 2.24) is 10.2 Å². The molecule has 0 unspecified atom stereocenters. The number of halogens is 1. The topological polar surface area (TPSA) is 49.4 Å². The Morgan fingerprint density at radius 2 is 1.79 bits per heavy atom. The Labute approximate surface area is 111 Å². The van der Waals surface area contributed by atoms with Crippen molar-refractivity contribution in [2.24, 2.45) is 0 Å². The molecule has 0 spiro atoms. The van der Waals surface area contributed by atoms with Crippen LogP contribution in [0.5, 0.6) is 0 Å². The van der Waals surface area contributed by atoms with Gasteiger partial charge < -0.3 is 10.2 Å². The van der Waals surface area contributed by atoms with Crippen LogP contribution in [0.1, 0.15) is 30.1 Å². The molecule has 4 nitrogen and oxygen atoms in total. The van der Waals surface area contributed by atoms with Gasteiger partial charge in [-0.05, 0) is 44.0 Å². The zero-order chi connectivity index (χ0) is 13.8. The van der Waals surface area contributed by atoms with Gasteiger partial charge in [-0.25, -0.2) is 4.39 Å². The number of likely N-dealkylation sites (tertiary alicyclic amines) is 1. The SMILES string of the molecule is C[C@H](NC(=O)c1ccc(F)cc1)C(=O)N1CCCC1. The highest BCUT2D eigenvalue weighted by atomic mass is 19.1. The third kappa shape index (κ3) is 3.30. The summed E-state index contributed by atoms with van der Waals surface area (Å²) in [4.78, 5) is 25.7. The molecule has 0 radical (unpaired) electrons. The number of rotatable bonds is 3. The van der Waals surface area contributed by atoms with Crippen LogP contribution in [0.3, 0.4) is 0 Å². The average molecular weight is 264 g/mol. The molecule has 2 amide bonds. The molecule has 1 saturated heterocycles. The summed E-state index contributed by atoms with van der Waals surface area (Å²) < 4.78 is 12.8. The molecule has 1 heterocycles. The molecule has 1 aliphatic heterocycles. The Morgan fingerprint density at radius 1 is 1.21 bits per heavy atom. The van der Waals surface area contributed by atoms with E-state index in [1.165, 1.54) is 24.3 Å². The molecule has 1 aromatic rings. The number of hydrogen-bond acceptors (Lipinski definition) is 2. The van der Waals surface area contributed by atoms with E-state index in [0.29, 0.717) is 5.56 Å². The van der Waals surface area contributed by atoms with Gasteiger partial charge in [-0.15, -0.1) is 0 Å². The molecule has 102 valence electrons. The van der Waals surface area contributed by atoms with Crippen molar-refractivity contribution in [2.45, 2.75) is 25.8 Å². The summed E-state index contributed by atoms with van der Waals surface area (Å²) in [5.74, 6) is -0.814. The van der Waals surface area contributed by atoms with Gasteiger partial charge in [-0.3, -0.25) is 9.59 Å². The van der Waals surface area contributed by atoms with Gasteiger partial charge in [0.05, 0.1) is 0 Å². The highest BCUT2D eigenvalue weighted by Gasteiger charge is 2.24. The van der Waals surface area contributed by atoms with E-state index in [2.05, 4.69) is 5.32 Å². The van der Waals surface area contributed by atoms with E-state index in [1.54, 1.807) is 11.8 Å². The quantitative estimate of drug-likeness (QED) is 0.900. The summed E-state index contributed by atoms with van der Waals surface area (Å²) in [7, 11) is 0. The average Bonchev–Trinajstić information content (AvgIpc) is 2.92. The minimum atomic E-state index is -0.560. The van der Waals surface area contributed by atoms with Crippen molar-refractivity contribution in [1.29, 1.82) is 0 Å². The summed E-state index contributed by atoms with van der Waals surface area (Å²) in [6.07, 6.45) is 2.04. The first-order chi connectivity index (χ1) is 9.08. The van der Waals surface area contributed by atoms with Gasteiger partial charge in [-0.2, -0.15) is 0 Å². The normalized spacial score (nSPS) is 16.2. The smallest absolute Gasteiger partial charge is 0.251 e. The van der Waals surface area contributed by atoms with Gasteiger partial charge in [0.15, 0.2) is 0 Å². The minimum Gasteiger partial charge on any atom is -0.341 e. The van der Waals surface area contributed by atoms with Crippen molar-refractivity contribution < 1.29 is 14.0 Å². The van der Waals surface area contributed by atoms with Crippen molar-refractivity contribution in [3.63, 3.8) is 0 Å². The predicted molar refractivity (Wildman–Crippen MR) is 69.1 cm³/mol. The van der Waals surface area contributed by atoms with Crippen LogP contribution >= 0.6 is 0 Å². The Balaban J connectivity index is 1.94. The van der Waals surface area contributed by atoms with Crippen molar-refractivity contribution >= 4 is 11.8 Å². The Bertz CT molecular complexity index is 467. The molecule has 1 N–H and O–H groups in total. The van der Waals surface area contributed by atoms with Crippen molar-refractivity contribution in [3.8, 4) is 0 Å². The fourth-order valence-corrected chi connectivity index (χ4v) is 2.15. The van der Waals surface area contributed by atoms with Gasteiger partial charge in [-0.1, -0.05) is 0 Å². The molecular weight excluding hydrogens is 247 g/mol. The second kappa shape index (κ2) is 5.82. The van der Waals surface area contributed by atoms with Crippen LogP contribution in [0.4, 0.5) is 4.39 Å². The maximum atomic E-state index is 12.8. The maximum absolute atomic E-state index is 12.8. The zero-order valence-electron chi connectivity index (χ0n) is 10.9. The first-order valence-corrected chi connectivity index (χ1v) is 6.43. The molecule has 1 fully saturated rings. The van der Waals surface area contributed by atoms with E-state index in [1.807, 2.05) is 0 Å².